The number of nitrogens with one attached hydrogen (secondary N) is 1. The van der Waals surface area contributed by atoms with Crippen molar-refractivity contribution in [2.24, 2.45) is 0 Å². The number of carbonyl (C=O) groups is 2. The van der Waals surface area contributed by atoms with Gasteiger partial charge >= 0.3 is 0 Å². The lowest BCUT2D eigenvalue weighted by Gasteiger charge is -2.31. The summed E-state index contributed by atoms with van der Waals surface area (Å²) in [6.45, 7) is 3.13. The fourth-order valence-corrected chi connectivity index (χ4v) is 4.62. The third-order valence-electron chi connectivity index (χ3n) is 5.62. The van der Waals surface area contributed by atoms with E-state index >= 15 is 0 Å². The zero-order chi connectivity index (χ0) is 24.0. The van der Waals surface area contributed by atoms with Gasteiger partial charge in [-0.05, 0) is 29.7 Å². The monoisotopic (exact) mass is 474 g/mol. The lowest BCUT2D eigenvalue weighted by Crippen LogP contribution is -2.50. The summed E-state index contributed by atoms with van der Waals surface area (Å²) in [5.41, 5.74) is 2.06. The van der Waals surface area contributed by atoms with Crippen LogP contribution in [0, 0.1) is 0 Å². The molecular weight excluding hydrogens is 440 g/mol. The predicted octanol–water partition coefficient (Wildman–Crippen LogP) is 5.73. The highest BCUT2D eigenvalue weighted by molar-refractivity contribution is 7.99. The topological polar surface area (TPSA) is 49.4 Å². The molecule has 0 aromatic heterocycles. The first-order valence-electron chi connectivity index (χ1n) is 12.0. The first-order valence-corrected chi connectivity index (χ1v) is 13.0. The van der Waals surface area contributed by atoms with E-state index in [1.807, 2.05) is 78.9 Å². The summed E-state index contributed by atoms with van der Waals surface area (Å²) in [4.78, 5) is 29.8. The lowest BCUT2D eigenvalue weighted by atomic mass is 10.0. The fraction of sp³-hybridized carbons (Fsp3) is 0.310. The quantitative estimate of drug-likeness (QED) is 0.254. The highest BCUT2D eigenvalue weighted by atomic mass is 32.2. The molecule has 5 heteroatoms. The van der Waals surface area contributed by atoms with Crippen molar-refractivity contribution < 1.29 is 9.59 Å². The van der Waals surface area contributed by atoms with E-state index in [0.717, 1.165) is 28.9 Å². The Hall–Kier alpha value is -3.05. The van der Waals surface area contributed by atoms with E-state index < -0.39 is 6.04 Å². The van der Waals surface area contributed by atoms with E-state index in [9.17, 15) is 9.59 Å². The Kier molecular flexibility index (Phi) is 10.7. The number of unbranched alkanes of at least 4 members (excludes halogenated alkanes) is 1. The highest BCUT2D eigenvalue weighted by Gasteiger charge is 2.30. The van der Waals surface area contributed by atoms with E-state index in [2.05, 4.69) is 24.4 Å². The van der Waals surface area contributed by atoms with Crippen molar-refractivity contribution in [2.45, 2.75) is 50.1 Å². The van der Waals surface area contributed by atoms with Crippen LogP contribution >= 0.6 is 11.8 Å². The molecule has 0 aliphatic carbocycles. The Labute approximate surface area is 207 Å². The second-order valence-electron chi connectivity index (χ2n) is 8.27. The molecule has 0 aliphatic heterocycles. The number of amides is 2. The first kappa shape index (κ1) is 25.6. The second kappa shape index (κ2) is 14.3. The van der Waals surface area contributed by atoms with Gasteiger partial charge in [0.05, 0.1) is 0 Å². The van der Waals surface area contributed by atoms with Gasteiger partial charge in [-0.2, -0.15) is 0 Å². The summed E-state index contributed by atoms with van der Waals surface area (Å²) in [6.07, 6.45) is 2.79. The average Bonchev–Trinajstić information content (AvgIpc) is 2.88. The first-order chi connectivity index (χ1) is 16.7. The Bertz CT molecular complexity index is 996. The number of benzene rings is 3. The Balaban J connectivity index is 1.80. The summed E-state index contributed by atoms with van der Waals surface area (Å²) in [6, 6.07) is 29.4. The molecule has 3 rings (SSSR count). The van der Waals surface area contributed by atoms with Crippen LogP contribution in [-0.4, -0.2) is 35.1 Å². The molecule has 3 aromatic carbocycles. The third kappa shape index (κ3) is 8.38. The van der Waals surface area contributed by atoms with E-state index in [1.54, 1.807) is 16.7 Å². The van der Waals surface area contributed by atoms with Gasteiger partial charge in [0.15, 0.2) is 0 Å². The number of hydrogen-bond donors (Lipinski definition) is 1. The molecule has 0 heterocycles. The van der Waals surface area contributed by atoms with Crippen molar-refractivity contribution in [3.8, 4) is 0 Å². The predicted molar refractivity (Wildman–Crippen MR) is 141 cm³/mol. The largest absolute Gasteiger partial charge is 0.354 e. The molecule has 2 amide bonds. The minimum Gasteiger partial charge on any atom is -0.354 e. The van der Waals surface area contributed by atoms with Gasteiger partial charge in [0.2, 0.25) is 11.8 Å². The van der Waals surface area contributed by atoms with Gasteiger partial charge in [0, 0.05) is 36.6 Å². The molecular formula is C29H34N2O2S. The molecule has 0 saturated carbocycles. The van der Waals surface area contributed by atoms with E-state index in [4.69, 9.17) is 0 Å². The number of rotatable bonds is 13. The summed E-state index contributed by atoms with van der Waals surface area (Å²) in [5, 5.41) is 3.07. The molecule has 0 saturated heterocycles. The SMILES string of the molecule is CCCCNC(=O)[C@H](Cc1ccccc1)N(Cc1ccccc1)C(=O)CCSc1ccccc1. The lowest BCUT2D eigenvalue weighted by molar-refractivity contribution is -0.141. The van der Waals surface area contributed by atoms with Crippen LogP contribution in [0.3, 0.4) is 0 Å². The molecule has 0 aliphatic rings. The summed E-state index contributed by atoms with van der Waals surface area (Å²) < 4.78 is 0. The molecule has 0 bridgehead atoms. The van der Waals surface area contributed by atoms with Crippen molar-refractivity contribution in [1.82, 2.24) is 10.2 Å². The minimum atomic E-state index is -0.561. The third-order valence-corrected chi connectivity index (χ3v) is 6.64. The zero-order valence-corrected chi connectivity index (χ0v) is 20.7. The maximum atomic E-state index is 13.5. The van der Waals surface area contributed by atoms with Gasteiger partial charge in [-0.3, -0.25) is 9.59 Å². The maximum Gasteiger partial charge on any atom is 0.243 e. The molecule has 0 spiro atoms. The molecule has 0 fully saturated rings. The van der Waals surface area contributed by atoms with Crippen LogP contribution in [0.4, 0.5) is 0 Å². The molecule has 0 unspecified atom stereocenters. The van der Waals surface area contributed by atoms with Crippen LogP contribution in [0.25, 0.3) is 0 Å². The van der Waals surface area contributed by atoms with Crippen molar-refractivity contribution in [3.05, 3.63) is 102 Å². The van der Waals surface area contributed by atoms with Crippen molar-refractivity contribution >= 4 is 23.6 Å². The normalized spacial score (nSPS) is 11.6. The van der Waals surface area contributed by atoms with Crippen LogP contribution in [0.2, 0.25) is 0 Å². The number of nitrogens with zero attached hydrogens (tertiary/aromatic N) is 1. The molecule has 3 aromatic rings. The van der Waals surface area contributed by atoms with Crippen molar-refractivity contribution in [3.63, 3.8) is 0 Å². The summed E-state index contributed by atoms with van der Waals surface area (Å²) in [5.74, 6) is 0.583. The van der Waals surface area contributed by atoms with Crippen LogP contribution in [0.15, 0.2) is 95.9 Å². The maximum absolute atomic E-state index is 13.5. The van der Waals surface area contributed by atoms with E-state index in [-0.39, 0.29) is 11.8 Å². The minimum absolute atomic E-state index is 0.00106. The molecule has 34 heavy (non-hydrogen) atoms. The summed E-state index contributed by atoms with van der Waals surface area (Å²) >= 11 is 1.67. The molecule has 1 atom stereocenters. The van der Waals surface area contributed by atoms with Gasteiger partial charge in [-0.1, -0.05) is 92.2 Å². The van der Waals surface area contributed by atoms with Gasteiger partial charge in [0.1, 0.15) is 6.04 Å². The van der Waals surface area contributed by atoms with E-state index in [1.165, 1.54) is 0 Å². The standard InChI is InChI=1S/C29H34N2O2S/c1-2-3-20-30-29(33)27(22-24-13-7-4-8-14-24)31(23-25-15-9-5-10-16-25)28(32)19-21-34-26-17-11-6-12-18-26/h4-18,27H,2-3,19-23H2,1H3,(H,30,33)/t27-/m0/s1. The molecule has 0 radical (unpaired) electrons. The molecule has 4 nitrogen and oxygen atoms in total. The Morgan fingerprint density at radius 2 is 1.44 bits per heavy atom. The molecule has 1 N–H and O–H groups in total. The number of hydrogen-bond acceptors (Lipinski definition) is 3. The Morgan fingerprint density at radius 3 is 2.06 bits per heavy atom. The van der Waals surface area contributed by atoms with Gasteiger partial charge < -0.3 is 10.2 Å². The zero-order valence-electron chi connectivity index (χ0n) is 19.9. The highest BCUT2D eigenvalue weighted by Crippen LogP contribution is 2.20. The van der Waals surface area contributed by atoms with Crippen LogP contribution < -0.4 is 5.32 Å². The molecule has 178 valence electrons. The van der Waals surface area contributed by atoms with Crippen molar-refractivity contribution in [1.29, 1.82) is 0 Å². The fourth-order valence-electron chi connectivity index (χ4n) is 3.76. The van der Waals surface area contributed by atoms with Crippen LogP contribution in [0.5, 0.6) is 0 Å². The van der Waals surface area contributed by atoms with Crippen LogP contribution in [0.1, 0.15) is 37.3 Å². The van der Waals surface area contributed by atoms with Gasteiger partial charge in [0.25, 0.3) is 0 Å². The summed E-state index contributed by atoms with van der Waals surface area (Å²) in [7, 11) is 0. The van der Waals surface area contributed by atoms with Crippen LogP contribution in [-0.2, 0) is 22.6 Å². The number of thioether (sulfide) groups is 1. The van der Waals surface area contributed by atoms with Gasteiger partial charge in [-0.15, -0.1) is 11.8 Å². The number of carbonyl (C=O) groups excluding carboxylic acids is 2. The Morgan fingerprint density at radius 1 is 0.853 bits per heavy atom. The average molecular weight is 475 g/mol. The van der Waals surface area contributed by atoms with Gasteiger partial charge in [-0.25, -0.2) is 0 Å². The smallest absolute Gasteiger partial charge is 0.243 e. The second-order valence-corrected chi connectivity index (χ2v) is 9.44. The van der Waals surface area contributed by atoms with E-state index in [0.29, 0.717) is 31.7 Å². The van der Waals surface area contributed by atoms with Crippen molar-refractivity contribution in [2.75, 3.05) is 12.3 Å².